The van der Waals surface area contributed by atoms with E-state index in [1.807, 2.05) is 17.2 Å². The van der Waals surface area contributed by atoms with Crippen LogP contribution < -0.4 is 0 Å². The highest BCUT2D eigenvalue weighted by Gasteiger charge is 2.31. The molecule has 1 atom stereocenters. The SMILES string of the molecule is CC(C)c1cc(C(=O)N2CCN(C)[C@H](c3ncc[nH]3)C2)n[nH]1. The lowest BCUT2D eigenvalue weighted by molar-refractivity contribution is 0.0529. The first-order chi connectivity index (χ1) is 10.6. The highest BCUT2D eigenvalue weighted by atomic mass is 16.2. The summed E-state index contributed by atoms with van der Waals surface area (Å²) in [7, 11) is 2.06. The van der Waals surface area contributed by atoms with Crippen LogP contribution in [0.15, 0.2) is 18.5 Å². The van der Waals surface area contributed by atoms with Crippen molar-refractivity contribution >= 4 is 5.91 Å². The smallest absolute Gasteiger partial charge is 0.274 e. The molecule has 7 heteroatoms. The first-order valence-corrected chi connectivity index (χ1v) is 7.60. The van der Waals surface area contributed by atoms with E-state index in [-0.39, 0.29) is 11.9 Å². The molecule has 2 N–H and O–H groups in total. The monoisotopic (exact) mass is 302 g/mol. The molecule has 2 aromatic heterocycles. The fraction of sp³-hybridized carbons (Fsp3) is 0.533. The molecule has 0 unspecified atom stereocenters. The molecule has 0 radical (unpaired) electrons. The summed E-state index contributed by atoms with van der Waals surface area (Å²) < 4.78 is 0. The van der Waals surface area contributed by atoms with Crippen molar-refractivity contribution in [3.63, 3.8) is 0 Å². The van der Waals surface area contributed by atoms with Gasteiger partial charge in [0.15, 0.2) is 0 Å². The number of piperazine rings is 1. The van der Waals surface area contributed by atoms with E-state index in [9.17, 15) is 4.79 Å². The van der Waals surface area contributed by atoms with Crippen molar-refractivity contribution < 1.29 is 4.79 Å². The Morgan fingerprint density at radius 1 is 1.41 bits per heavy atom. The topological polar surface area (TPSA) is 80.9 Å². The molecule has 1 aliphatic rings. The van der Waals surface area contributed by atoms with E-state index in [1.54, 1.807) is 6.20 Å². The predicted octanol–water partition coefficient (Wildman–Crippen LogP) is 1.39. The summed E-state index contributed by atoms with van der Waals surface area (Å²) in [5.41, 5.74) is 1.48. The van der Waals surface area contributed by atoms with Gasteiger partial charge in [0, 0.05) is 37.7 Å². The summed E-state index contributed by atoms with van der Waals surface area (Å²) in [6.45, 7) is 6.29. The number of aromatic amines is 2. The van der Waals surface area contributed by atoms with Gasteiger partial charge < -0.3 is 9.88 Å². The maximum absolute atomic E-state index is 12.7. The summed E-state index contributed by atoms with van der Waals surface area (Å²) in [6, 6.07) is 1.95. The molecule has 0 bridgehead atoms. The van der Waals surface area contributed by atoms with Gasteiger partial charge >= 0.3 is 0 Å². The third-order valence-electron chi connectivity index (χ3n) is 4.21. The Hall–Kier alpha value is -2.15. The van der Waals surface area contributed by atoms with Gasteiger partial charge in [0.2, 0.25) is 0 Å². The van der Waals surface area contributed by atoms with Crippen LogP contribution in [0.3, 0.4) is 0 Å². The number of hydrogen-bond acceptors (Lipinski definition) is 4. The van der Waals surface area contributed by atoms with Crippen molar-refractivity contribution in [2.75, 3.05) is 26.7 Å². The Kier molecular flexibility index (Phi) is 3.98. The molecule has 22 heavy (non-hydrogen) atoms. The predicted molar refractivity (Wildman–Crippen MR) is 82.5 cm³/mol. The highest BCUT2D eigenvalue weighted by molar-refractivity contribution is 5.92. The van der Waals surface area contributed by atoms with Gasteiger partial charge in [-0.15, -0.1) is 0 Å². The number of nitrogens with zero attached hydrogens (tertiary/aromatic N) is 4. The van der Waals surface area contributed by atoms with Gasteiger partial charge in [-0.2, -0.15) is 5.10 Å². The van der Waals surface area contributed by atoms with Crippen LogP contribution in [-0.4, -0.2) is 62.6 Å². The van der Waals surface area contributed by atoms with Gasteiger partial charge in [-0.3, -0.25) is 14.8 Å². The van der Waals surface area contributed by atoms with Crippen molar-refractivity contribution in [3.05, 3.63) is 35.7 Å². The third kappa shape index (κ3) is 2.76. The van der Waals surface area contributed by atoms with Crippen LogP contribution in [0, 0.1) is 0 Å². The van der Waals surface area contributed by atoms with E-state index in [0.29, 0.717) is 24.7 Å². The molecular weight excluding hydrogens is 280 g/mol. The second kappa shape index (κ2) is 5.92. The molecule has 1 amide bonds. The molecule has 2 aromatic rings. The average Bonchev–Trinajstić information content (AvgIpc) is 3.18. The van der Waals surface area contributed by atoms with Gasteiger partial charge in [0.05, 0.1) is 6.04 Å². The zero-order chi connectivity index (χ0) is 15.7. The normalized spacial score (nSPS) is 19.8. The Balaban J connectivity index is 1.75. The molecular formula is C15H22N6O. The Labute approximate surface area is 129 Å². The van der Waals surface area contributed by atoms with Crippen molar-refractivity contribution in [2.45, 2.75) is 25.8 Å². The van der Waals surface area contributed by atoms with E-state index >= 15 is 0 Å². The highest BCUT2D eigenvalue weighted by Crippen LogP contribution is 2.22. The molecule has 0 saturated carbocycles. The Morgan fingerprint density at radius 3 is 2.86 bits per heavy atom. The number of likely N-dealkylation sites (N-methyl/N-ethyl adjacent to an activating group) is 1. The van der Waals surface area contributed by atoms with Gasteiger partial charge in [-0.25, -0.2) is 4.98 Å². The van der Waals surface area contributed by atoms with E-state index in [2.05, 4.69) is 46.0 Å². The zero-order valence-corrected chi connectivity index (χ0v) is 13.2. The molecule has 0 aliphatic carbocycles. The van der Waals surface area contributed by atoms with E-state index < -0.39 is 0 Å². The lowest BCUT2D eigenvalue weighted by Gasteiger charge is -2.38. The number of imidazole rings is 1. The molecule has 1 saturated heterocycles. The zero-order valence-electron chi connectivity index (χ0n) is 13.2. The number of carbonyl (C=O) groups excluding carboxylic acids is 1. The molecule has 7 nitrogen and oxygen atoms in total. The summed E-state index contributed by atoms with van der Waals surface area (Å²) in [6.07, 6.45) is 3.55. The average molecular weight is 302 g/mol. The molecule has 3 rings (SSSR count). The summed E-state index contributed by atoms with van der Waals surface area (Å²) in [5, 5.41) is 7.11. The summed E-state index contributed by atoms with van der Waals surface area (Å²) in [4.78, 5) is 24.2. The fourth-order valence-corrected chi connectivity index (χ4v) is 2.72. The third-order valence-corrected chi connectivity index (χ3v) is 4.21. The Bertz CT molecular complexity index is 632. The van der Waals surface area contributed by atoms with E-state index in [4.69, 9.17) is 0 Å². The molecule has 3 heterocycles. The quantitative estimate of drug-likeness (QED) is 0.897. The number of rotatable bonds is 3. The second-order valence-electron chi connectivity index (χ2n) is 6.09. The summed E-state index contributed by atoms with van der Waals surface area (Å²) >= 11 is 0. The van der Waals surface area contributed by atoms with Crippen LogP contribution in [-0.2, 0) is 0 Å². The van der Waals surface area contributed by atoms with E-state index in [0.717, 1.165) is 18.1 Å². The number of carbonyl (C=O) groups is 1. The number of hydrogen-bond donors (Lipinski definition) is 2. The van der Waals surface area contributed by atoms with Crippen LogP contribution in [0.2, 0.25) is 0 Å². The van der Waals surface area contributed by atoms with Gasteiger partial charge in [-0.05, 0) is 19.0 Å². The molecule has 0 aromatic carbocycles. The van der Waals surface area contributed by atoms with Crippen molar-refractivity contribution in [1.29, 1.82) is 0 Å². The number of amides is 1. The lowest BCUT2D eigenvalue weighted by Crippen LogP contribution is -2.49. The van der Waals surface area contributed by atoms with Crippen LogP contribution >= 0.6 is 0 Å². The molecule has 1 aliphatic heterocycles. The minimum atomic E-state index is -0.0205. The maximum Gasteiger partial charge on any atom is 0.274 e. The van der Waals surface area contributed by atoms with E-state index in [1.165, 1.54) is 0 Å². The first kappa shape index (κ1) is 14.8. The Morgan fingerprint density at radius 2 is 2.23 bits per heavy atom. The molecule has 1 fully saturated rings. The minimum Gasteiger partial charge on any atom is -0.347 e. The maximum atomic E-state index is 12.7. The largest absolute Gasteiger partial charge is 0.347 e. The van der Waals surface area contributed by atoms with Gasteiger partial charge in [0.25, 0.3) is 5.91 Å². The standard InChI is InChI=1S/C15H22N6O/c1-10(2)11-8-12(19-18-11)15(22)21-7-6-20(3)13(9-21)14-16-4-5-17-14/h4-5,8,10,13H,6-7,9H2,1-3H3,(H,16,17)(H,18,19)/t13-/m0/s1. The van der Waals surface area contributed by atoms with Crippen LogP contribution in [0.25, 0.3) is 0 Å². The van der Waals surface area contributed by atoms with Crippen LogP contribution in [0.5, 0.6) is 0 Å². The minimum absolute atomic E-state index is 0.0205. The number of H-pyrrole nitrogens is 2. The van der Waals surface area contributed by atoms with Crippen LogP contribution in [0.1, 0.15) is 47.8 Å². The molecule has 118 valence electrons. The van der Waals surface area contributed by atoms with Gasteiger partial charge in [0.1, 0.15) is 11.5 Å². The number of aromatic nitrogens is 4. The number of nitrogens with one attached hydrogen (secondary N) is 2. The fourth-order valence-electron chi connectivity index (χ4n) is 2.72. The summed E-state index contributed by atoms with van der Waals surface area (Å²) in [5.74, 6) is 1.20. The first-order valence-electron chi connectivity index (χ1n) is 7.60. The second-order valence-corrected chi connectivity index (χ2v) is 6.09. The van der Waals surface area contributed by atoms with Crippen LogP contribution in [0.4, 0.5) is 0 Å². The van der Waals surface area contributed by atoms with Crippen molar-refractivity contribution in [3.8, 4) is 0 Å². The van der Waals surface area contributed by atoms with Crippen molar-refractivity contribution in [1.82, 2.24) is 30.0 Å². The molecule has 0 spiro atoms. The lowest BCUT2D eigenvalue weighted by atomic mass is 10.1. The van der Waals surface area contributed by atoms with Gasteiger partial charge in [-0.1, -0.05) is 13.8 Å². The van der Waals surface area contributed by atoms with Crippen molar-refractivity contribution in [2.24, 2.45) is 0 Å².